The van der Waals surface area contributed by atoms with E-state index in [-0.39, 0.29) is 11.9 Å². The summed E-state index contributed by atoms with van der Waals surface area (Å²) in [7, 11) is 1.85. The van der Waals surface area contributed by atoms with E-state index in [2.05, 4.69) is 24.3 Å². The van der Waals surface area contributed by atoms with Gasteiger partial charge in [0.15, 0.2) is 0 Å². The first-order valence-electron chi connectivity index (χ1n) is 6.52. The van der Waals surface area contributed by atoms with Crippen LogP contribution in [0.25, 0.3) is 11.1 Å². The fraction of sp³-hybridized carbons (Fsp3) is 0.400. The molecular weight excluding hydrogens is 241 g/mol. The Balaban J connectivity index is 2.41. The molecule has 1 aromatic carbocycles. The summed E-state index contributed by atoms with van der Waals surface area (Å²) in [6.07, 6.45) is 1.91. The SMILES string of the molecule is CNCc1ccc(-c2cn(C(C)C)nc2C)c(F)c1. The fourth-order valence-electron chi connectivity index (χ4n) is 2.10. The lowest BCUT2D eigenvalue weighted by Crippen LogP contribution is -2.05. The molecule has 2 rings (SSSR count). The minimum atomic E-state index is -0.195. The quantitative estimate of drug-likeness (QED) is 0.915. The Morgan fingerprint density at radius 3 is 2.58 bits per heavy atom. The summed E-state index contributed by atoms with van der Waals surface area (Å²) in [5, 5.41) is 7.44. The third-order valence-electron chi connectivity index (χ3n) is 3.15. The molecule has 0 unspecified atom stereocenters. The van der Waals surface area contributed by atoms with Crippen molar-refractivity contribution in [2.24, 2.45) is 0 Å². The maximum absolute atomic E-state index is 14.2. The topological polar surface area (TPSA) is 29.9 Å². The number of aromatic nitrogens is 2. The van der Waals surface area contributed by atoms with E-state index in [9.17, 15) is 4.39 Å². The smallest absolute Gasteiger partial charge is 0.131 e. The minimum Gasteiger partial charge on any atom is -0.316 e. The van der Waals surface area contributed by atoms with Crippen LogP contribution >= 0.6 is 0 Å². The Morgan fingerprint density at radius 1 is 1.32 bits per heavy atom. The van der Waals surface area contributed by atoms with Gasteiger partial charge < -0.3 is 5.32 Å². The van der Waals surface area contributed by atoms with E-state index >= 15 is 0 Å². The molecular formula is C15H20FN3. The van der Waals surface area contributed by atoms with E-state index < -0.39 is 0 Å². The summed E-state index contributed by atoms with van der Waals surface area (Å²) >= 11 is 0. The molecule has 0 saturated carbocycles. The van der Waals surface area contributed by atoms with Crippen molar-refractivity contribution >= 4 is 0 Å². The number of benzene rings is 1. The lowest BCUT2D eigenvalue weighted by molar-refractivity contribution is 0.529. The van der Waals surface area contributed by atoms with E-state index in [1.165, 1.54) is 0 Å². The molecule has 0 aliphatic rings. The van der Waals surface area contributed by atoms with Crippen LogP contribution in [0.4, 0.5) is 4.39 Å². The first kappa shape index (κ1) is 13.7. The third-order valence-corrected chi connectivity index (χ3v) is 3.15. The molecule has 0 aliphatic carbocycles. The van der Waals surface area contributed by atoms with Crippen LogP contribution in [0.5, 0.6) is 0 Å². The van der Waals surface area contributed by atoms with Crippen molar-refractivity contribution in [1.29, 1.82) is 0 Å². The van der Waals surface area contributed by atoms with Crippen LogP contribution in [0.3, 0.4) is 0 Å². The molecule has 1 heterocycles. The molecule has 0 amide bonds. The van der Waals surface area contributed by atoms with Gasteiger partial charge in [0.2, 0.25) is 0 Å². The van der Waals surface area contributed by atoms with Gasteiger partial charge in [0.25, 0.3) is 0 Å². The Bertz CT molecular complexity index is 573. The van der Waals surface area contributed by atoms with Gasteiger partial charge >= 0.3 is 0 Å². The summed E-state index contributed by atoms with van der Waals surface area (Å²) in [4.78, 5) is 0. The number of nitrogens with zero attached hydrogens (tertiary/aromatic N) is 2. The van der Waals surface area contributed by atoms with Crippen molar-refractivity contribution in [3.8, 4) is 11.1 Å². The van der Waals surface area contributed by atoms with Gasteiger partial charge in [-0.2, -0.15) is 5.10 Å². The van der Waals surface area contributed by atoms with Gasteiger partial charge in [-0.1, -0.05) is 12.1 Å². The highest BCUT2D eigenvalue weighted by Crippen LogP contribution is 2.27. The van der Waals surface area contributed by atoms with E-state index in [0.29, 0.717) is 12.1 Å². The minimum absolute atomic E-state index is 0.195. The molecule has 2 aromatic rings. The summed E-state index contributed by atoms with van der Waals surface area (Å²) in [6, 6.07) is 5.63. The van der Waals surface area contributed by atoms with E-state index in [0.717, 1.165) is 16.8 Å². The summed E-state index contributed by atoms with van der Waals surface area (Å²) in [5.74, 6) is -0.195. The van der Waals surface area contributed by atoms with Crippen LogP contribution in [0, 0.1) is 12.7 Å². The lowest BCUT2D eigenvalue weighted by Gasteiger charge is -2.05. The van der Waals surface area contributed by atoms with Gasteiger partial charge in [-0.15, -0.1) is 0 Å². The van der Waals surface area contributed by atoms with Gasteiger partial charge in [-0.05, 0) is 39.4 Å². The monoisotopic (exact) mass is 261 g/mol. The molecule has 0 atom stereocenters. The van der Waals surface area contributed by atoms with Crippen LogP contribution in [-0.2, 0) is 6.54 Å². The van der Waals surface area contributed by atoms with Crippen molar-refractivity contribution < 1.29 is 4.39 Å². The number of hydrogen-bond donors (Lipinski definition) is 1. The average Bonchev–Trinajstić information content (AvgIpc) is 2.72. The van der Waals surface area contributed by atoms with Crippen LogP contribution in [0.15, 0.2) is 24.4 Å². The Hall–Kier alpha value is -1.68. The average molecular weight is 261 g/mol. The second-order valence-electron chi connectivity index (χ2n) is 5.05. The highest BCUT2D eigenvalue weighted by Gasteiger charge is 2.13. The van der Waals surface area contributed by atoms with Gasteiger partial charge in [0.1, 0.15) is 5.82 Å². The molecule has 0 bridgehead atoms. The molecule has 0 saturated heterocycles. The zero-order valence-electron chi connectivity index (χ0n) is 11.9. The van der Waals surface area contributed by atoms with Crippen LogP contribution < -0.4 is 5.32 Å². The van der Waals surface area contributed by atoms with Crippen molar-refractivity contribution in [2.45, 2.75) is 33.4 Å². The van der Waals surface area contributed by atoms with Crippen LogP contribution in [-0.4, -0.2) is 16.8 Å². The Labute approximate surface area is 113 Å². The third kappa shape index (κ3) is 2.84. The number of nitrogens with one attached hydrogen (secondary N) is 1. The van der Waals surface area contributed by atoms with Crippen molar-refractivity contribution in [3.05, 3.63) is 41.5 Å². The largest absolute Gasteiger partial charge is 0.316 e. The highest BCUT2D eigenvalue weighted by atomic mass is 19.1. The lowest BCUT2D eigenvalue weighted by atomic mass is 10.0. The Kier molecular flexibility index (Phi) is 4.00. The molecule has 1 aromatic heterocycles. The zero-order valence-corrected chi connectivity index (χ0v) is 11.9. The van der Waals surface area contributed by atoms with Crippen LogP contribution in [0.1, 0.15) is 31.1 Å². The predicted octanol–water partition coefficient (Wildman–Crippen LogP) is 3.30. The van der Waals surface area contributed by atoms with Gasteiger partial charge in [-0.25, -0.2) is 4.39 Å². The molecule has 102 valence electrons. The number of halogens is 1. The maximum Gasteiger partial charge on any atom is 0.131 e. The normalized spacial score (nSPS) is 11.3. The zero-order chi connectivity index (χ0) is 14.0. The van der Waals surface area contributed by atoms with Crippen molar-refractivity contribution in [1.82, 2.24) is 15.1 Å². The number of hydrogen-bond acceptors (Lipinski definition) is 2. The number of aryl methyl sites for hydroxylation is 1. The molecule has 0 aliphatic heterocycles. The predicted molar refractivity (Wildman–Crippen MR) is 75.5 cm³/mol. The first-order valence-corrected chi connectivity index (χ1v) is 6.52. The van der Waals surface area contributed by atoms with E-state index in [1.807, 2.05) is 37.0 Å². The van der Waals surface area contributed by atoms with E-state index in [4.69, 9.17) is 0 Å². The molecule has 3 nitrogen and oxygen atoms in total. The van der Waals surface area contributed by atoms with Crippen LogP contribution in [0.2, 0.25) is 0 Å². The second-order valence-corrected chi connectivity index (χ2v) is 5.05. The van der Waals surface area contributed by atoms with E-state index in [1.54, 1.807) is 6.07 Å². The van der Waals surface area contributed by atoms with Crippen molar-refractivity contribution in [2.75, 3.05) is 7.05 Å². The second kappa shape index (κ2) is 5.53. The number of rotatable bonds is 4. The summed E-state index contributed by atoms with van der Waals surface area (Å²) < 4.78 is 16.1. The Morgan fingerprint density at radius 2 is 2.05 bits per heavy atom. The van der Waals surface area contributed by atoms with Crippen molar-refractivity contribution in [3.63, 3.8) is 0 Å². The summed E-state index contributed by atoms with van der Waals surface area (Å²) in [5.41, 5.74) is 3.28. The highest BCUT2D eigenvalue weighted by molar-refractivity contribution is 5.66. The molecule has 0 spiro atoms. The fourth-order valence-corrected chi connectivity index (χ4v) is 2.10. The molecule has 19 heavy (non-hydrogen) atoms. The summed E-state index contributed by atoms with van der Waals surface area (Å²) in [6.45, 7) is 6.70. The first-order chi connectivity index (χ1) is 9.02. The van der Waals surface area contributed by atoms with Gasteiger partial charge in [0.05, 0.1) is 5.69 Å². The maximum atomic E-state index is 14.2. The molecule has 1 N–H and O–H groups in total. The molecule has 0 radical (unpaired) electrons. The molecule has 4 heteroatoms. The standard InChI is InChI=1S/C15H20FN3/c1-10(2)19-9-14(11(3)18-19)13-6-5-12(8-17-4)7-15(13)16/h5-7,9-10,17H,8H2,1-4H3. The van der Waals surface area contributed by atoms with Gasteiger partial charge in [0, 0.05) is 29.9 Å². The molecule has 0 fully saturated rings. The van der Waals surface area contributed by atoms with Gasteiger partial charge in [-0.3, -0.25) is 4.68 Å².